The minimum absolute atomic E-state index is 0.103. The van der Waals surface area contributed by atoms with Crippen LogP contribution in [0.3, 0.4) is 0 Å². The number of carbonyl (C=O) groups excluding carboxylic acids is 2. The summed E-state index contributed by atoms with van der Waals surface area (Å²) in [6.45, 7) is 7.89. The Balaban J connectivity index is 1.61. The zero-order valence-corrected chi connectivity index (χ0v) is 18.9. The zero-order chi connectivity index (χ0) is 22.2. The maximum absolute atomic E-state index is 13.7. The molecule has 2 aromatic rings. The van der Waals surface area contributed by atoms with Crippen LogP contribution in [0, 0.1) is 5.92 Å². The summed E-state index contributed by atoms with van der Waals surface area (Å²) in [5.74, 6) is -0.677. The Kier molecular flexibility index (Phi) is 6.04. The summed E-state index contributed by atoms with van der Waals surface area (Å²) < 4.78 is 5.30. The largest absolute Gasteiger partial charge is 0.447 e. The molecule has 3 atom stereocenters. The summed E-state index contributed by atoms with van der Waals surface area (Å²) >= 11 is 6.03. The first-order chi connectivity index (χ1) is 14.7. The molecule has 0 N–H and O–H groups in total. The molecule has 2 amide bonds. The zero-order valence-electron chi connectivity index (χ0n) is 18.1. The Hall–Kier alpha value is -2.44. The summed E-state index contributed by atoms with van der Waals surface area (Å²) in [6.07, 6.45) is 1.64. The van der Waals surface area contributed by atoms with E-state index < -0.39 is 6.09 Å². The predicted octanol–water partition coefficient (Wildman–Crippen LogP) is 4.14. The van der Waals surface area contributed by atoms with Crippen LogP contribution >= 0.6 is 11.6 Å². The number of likely N-dealkylation sites (tertiary alicyclic amines) is 1. The molecule has 3 heterocycles. The Morgan fingerprint density at radius 2 is 1.90 bits per heavy atom. The normalized spacial score (nSPS) is 24.5. The van der Waals surface area contributed by atoms with Gasteiger partial charge in [-0.3, -0.25) is 14.7 Å². The Morgan fingerprint density at radius 1 is 1.16 bits per heavy atom. The van der Waals surface area contributed by atoms with Gasteiger partial charge in [-0.05, 0) is 44.9 Å². The Bertz CT molecular complexity index is 943. The minimum atomic E-state index is -0.553. The van der Waals surface area contributed by atoms with Crippen LogP contribution in [0.15, 0.2) is 48.7 Å². The standard InChI is InChI=1S/C24H28ClN3O3/c1-24(2,3)27-13-19(21-10-9-17(25)12-26-21)20(14-27)22(29)28-18(15-31-23(28)30)11-16-7-5-4-6-8-16/h4-10,12,18-20H,11,13-15H2,1-3H3. The van der Waals surface area contributed by atoms with Gasteiger partial charge >= 0.3 is 6.09 Å². The molecule has 1 aromatic carbocycles. The van der Waals surface area contributed by atoms with Gasteiger partial charge in [0.15, 0.2) is 0 Å². The van der Waals surface area contributed by atoms with E-state index in [1.807, 2.05) is 36.4 Å². The smallest absolute Gasteiger partial charge is 0.416 e. The number of halogens is 1. The molecule has 4 rings (SSSR count). The monoisotopic (exact) mass is 441 g/mol. The third kappa shape index (κ3) is 4.60. The van der Waals surface area contributed by atoms with Gasteiger partial charge in [0.05, 0.1) is 17.0 Å². The fourth-order valence-corrected chi connectivity index (χ4v) is 4.57. The van der Waals surface area contributed by atoms with Crippen LogP contribution < -0.4 is 0 Å². The highest BCUT2D eigenvalue weighted by atomic mass is 35.5. The first kappa shape index (κ1) is 21.8. The highest BCUT2D eigenvalue weighted by Gasteiger charge is 2.48. The molecule has 3 unspecified atom stereocenters. The van der Waals surface area contributed by atoms with E-state index in [4.69, 9.17) is 16.3 Å². The number of amides is 2. The van der Waals surface area contributed by atoms with Crippen LogP contribution in [-0.2, 0) is 16.0 Å². The molecule has 0 saturated carbocycles. The number of carbonyl (C=O) groups is 2. The molecule has 2 aliphatic rings. The van der Waals surface area contributed by atoms with E-state index in [9.17, 15) is 9.59 Å². The molecule has 0 bridgehead atoms. The average Bonchev–Trinajstić information content (AvgIpc) is 3.33. The topological polar surface area (TPSA) is 62.7 Å². The van der Waals surface area contributed by atoms with Gasteiger partial charge < -0.3 is 4.74 Å². The van der Waals surface area contributed by atoms with Gasteiger partial charge in [0.1, 0.15) is 6.61 Å². The Morgan fingerprint density at radius 3 is 2.55 bits per heavy atom. The maximum Gasteiger partial charge on any atom is 0.416 e. The first-order valence-electron chi connectivity index (χ1n) is 10.6. The highest BCUT2D eigenvalue weighted by molar-refractivity contribution is 6.30. The second-order valence-corrected chi connectivity index (χ2v) is 9.76. The van der Waals surface area contributed by atoms with E-state index in [0.29, 0.717) is 24.5 Å². The molecular weight excluding hydrogens is 414 g/mol. The lowest BCUT2D eigenvalue weighted by Gasteiger charge is -2.32. The van der Waals surface area contributed by atoms with Gasteiger partial charge in [-0.2, -0.15) is 0 Å². The third-order valence-corrected chi connectivity index (χ3v) is 6.45. The van der Waals surface area contributed by atoms with Crippen LogP contribution in [-0.4, -0.2) is 58.1 Å². The highest BCUT2D eigenvalue weighted by Crippen LogP contribution is 2.38. The molecule has 164 valence electrons. The molecule has 0 aliphatic carbocycles. The molecule has 0 radical (unpaired) electrons. The number of ether oxygens (including phenoxy) is 1. The number of rotatable bonds is 4. The van der Waals surface area contributed by atoms with Crippen molar-refractivity contribution in [3.8, 4) is 0 Å². The molecule has 6 nitrogen and oxygen atoms in total. The van der Waals surface area contributed by atoms with Crippen molar-refractivity contribution in [1.29, 1.82) is 0 Å². The van der Waals surface area contributed by atoms with Crippen molar-refractivity contribution in [1.82, 2.24) is 14.8 Å². The Labute approximate surface area is 188 Å². The summed E-state index contributed by atoms with van der Waals surface area (Å²) in [5.41, 5.74) is 1.79. The number of aromatic nitrogens is 1. The molecule has 2 saturated heterocycles. The molecule has 0 spiro atoms. The molecular formula is C24H28ClN3O3. The van der Waals surface area contributed by atoms with Crippen LogP contribution in [0.1, 0.15) is 37.9 Å². The van der Waals surface area contributed by atoms with E-state index in [1.54, 1.807) is 12.3 Å². The van der Waals surface area contributed by atoms with Crippen molar-refractivity contribution in [3.63, 3.8) is 0 Å². The number of nitrogens with zero attached hydrogens (tertiary/aromatic N) is 3. The lowest BCUT2D eigenvalue weighted by Crippen LogP contribution is -2.46. The van der Waals surface area contributed by atoms with Gasteiger partial charge in [0, 0.05) is 36.4 Å². The fourth-order valence-electron chi connectivity index (χ4n) is 4.45. The van der Waals surface area contributed by atoms with Gasteiger partial charge in [0.25, 0.3) is 0 Å². The SMILES string of the molecule is CC(C)(C)N1CC(C(=O)N2C(=O)OCC2Cc2ccccc2)C(c2ccc(Cl)cn2)C1. The quantitative estimate of drug-likeness (QED) is 0.713. The lowest BCUT2D eigenvalue weighted by molar-refractivity contribution is -0.133. The van der Waals surface area contributed by atoms with E-state index in [-0.39, 0.29) is 35.9 Å². The van der Waals surface area contributed by atoms with Gasteiger partial charge in [0.2, 0.25) is 5.91 Å². The van der Waals surface area contributed by atoms with Crippen LogP contribution in [0.4, 0.5) is 4.79 Å². The van der Waals surface area contributed by atoms with Gasteiger partial charge in [-0.15, -0.1) is 0 Å². The van der Waals surface area contributed by atoms with E-state index in [1.165, 1.54) is 4.90 Å². The number of benzene rings is 1. The van der Waals surface area contributed by atoms with Crippen LogP contribution in [0.25, 0.3) is 0 Å². The summed E-state index contributed by atoms with van der Waals surface area (Å²) in [7, 11) is 0. The summed E-state index contributed by atoms with van der Waals surface area (Å²) in [6, 6.07) is 13.2. The van der Waals surface area contributed by atoms with Crippen LogP contribution in [0.5, 0.6) is 0 Å². The van der Waals surface area contributed by atoms with E-state index in [2.05, 4.69) is 30.7 Å². The first-order valence-corrected chi connectivity index (χ1v) is 11.0. The second kappa shape index (κ2) is 8.60. The molecule has 2 fully saturated rings. The van der Waals surface area contributed by atoms with E-state index in [0.717, 1.165) is 11.3 Å². The van der Waals surface area contributed by atoms with Crippen molar-refractivity contribution >= 4 is 23.6 Å². The van der Waals surface area contributed by atoms with Gasteiger partial charge in [-0.1, -0.05) is 41.9 Å². The number of hydrogen-bond acceptors (Lipinski definition) is 5. The molecule has 1 aromatic heterocycles. The number of imide groups is 1. The minimum Gasteiger partial charge on any atom is -0.447 e. The van der Waals surface area contributed by atoms with E-state index >= 15 is 0 Å². The predicted molar refractivity (Wildman–Crippen MR) is 119 cm³/mol. The number of pyridine rings is 1. The van der Waals surface area contributed by atoms with Crippen molar-refractivity contribution in [2.75, 3.05) is 19.7 Å². The summed E-state index contributed by atoms with van der Waals surface area (Å²) in [4.78, 5) is 34.4. The van der Waals surface area contributed by atoms with Crippen molar-refractivity contribution in [2.45, 2.75) is 44.7 Å². The second-order valence-electron chi connectivity index (χ2n) is 9.32. The van der Waals surface area contributed by atoms with Crippen molar-refractivity contribution in [2.24, 2.45) is 5.92 Å². The van der Waals surface area contributed by atoms with Crippen LogP contribution in [0.2, 0.25) is 5.02 Å². The van der Waals surface area contributed by atoms with Gasteiger partial charge in [-0.25, -0.2) is 9.69 Å². The molecule has 7 heteroatoms. The summed E-state index contributed by atoms with van der Waals surface area (Å²) in [5, 5.41) is 0.559. The molecule has 2 aliphatic heterocycles. The lowest BCUT2D eigenvalue weighted by atomic mass is 9.90. The van der Waals surface area contributed by atoms with Crippen molar-refractivity contribution in [3.05, 3.63) is 64.9 Å². The maximum atomic E-state index is 13.7. The number of cyclic esters (lactones) is 1. The molecule has 31 heavy (non-hydrogen) atoms. The number of hydrogen-bond donors (Lipinski definition) is 0. The fraction of sp³-hybridized carbons (Fsp3) is 0.458. The van der Waals surface area contributed by atoms with Crippen molar-refractivity contribution < 1.29 is 14.3 Å². The average molecular weight is 442 g/mol. The third-order valence-electron chi connectivity index (χ3n) is 6.23.